The summed E-state index contributed by atoms with van der Waals surface area (Å²) in [5.41, 5.74) is 3.39. The first-order chi connectivity index (χ1) is 10.1. The van der Waals surface area contributed by atoms with Crippen molar-refractivity contribution in [3.05, 3.63) is 22.8 Å². The zero-order valence-corrected chi connectivity index (χ0v) is 13.5. The molecular formula is C17H27N3O. The highest BCUT2D eigenvalue weighted by atomic mass is 16.5. The molecule has 2 unspecified atom stereocenters. The Labute approximate surface area is 127 Å². The number of aromatic nitrogens is 2. The molecule has 2 heterocycles. The fourth-order valence-electron chi connectivity index (χ4n) is 3.89. The van der Waals surface area contributed by atoms with E-state index in [1.807, 2.05) is 0 Å². The summed E-state index contributed by atoms with van der Waals surface area (Å²) in [5.74, 6) is 1.63. The van der Waals surface area contributed by atoms with Crippen molar-refractivity contribution in [3.8, 4) is 0 Å². The second-order valence-corrected chi connectivity index (χ2v) is 6.61. The first-order valence-corrected chi connectivity index (χ1v) is 8.36. The van der Waals surface area contributed by atoms with E-state index in [2.05, 4.69) is 26.1 Å². The highest BCUT2D eigenvalue weighted by Gasteiger charge is 2.40. The molecule has 0 bridgehead atoms. The molecule has 116 valence electrons. The summed E-state index contributed by atoms with van der Waals surface area (Å²) in [4.78, 5) is 9.81. The van der Waals surface area contributed by atoms with Gasteiger partial charge in [0.05, 0.1) is 5.69 Å². The molecule has 1 aliphatic carbocycles. The van der Waals surface area contributed by atoms with Crippen LogP contribution < -0.4 is 5.32 Å². The molecule has 0 aromatic carbocycles. The SMILES string of the molecule is CCOC1(c2nc(C)c3c(n2)CCNC3)CCCC(C)C1. The third kappa shape index (κ3) is 2.84. The van der Waals surface area contributed by atoms with Crippen molar-refractivity contribution in [2.24, 2.45) is 5.92 Å². The number of fused-ring (bicyclic) bond motifs is 1. The van der Waals surface area contributed by atoms with Gasteiger partial charge in [-0.1, -0.05) is 13.3 Å². The topological polar surface area (TPSA) is 47.0 Å². The molecule has 2 aliphatic rings. The van der Waals surface area contributed by atoms with Crippen LogP contribution in [0.2, 0.25) is 0 Å². The van der Waals surface area contributed by atoms with Crippen molar-refractivity contribution in [1.29, 1.82) is 0 Å². The molecule has 1 aromatic heterocycles. The van der Waals surface area contributed by atoms with Crippen molar-refractivity contribution >= 4 is 0 Å². The summed E-state index contributed by atoms with van der Waals surface area (Å²) in [7, 11) is 0. The van der Waals surface area contributed by atoms with Crippen LogP contribution in [0.25, 0.3) is 0 Å². The number of aryl methyl sites for hydroxylation is 1. The van der Waals surface area contributed by atoms with Gasteiger partial charge in [0.25, 0.3) is 0 Å². The van der Waals surface area contributed by atoms with Gasteiger partial charge < -0.3 is 10.1 Å². The fourth-order valence-corrected chi connectivity index (χ4v) is 3.89. The van der Waals surface area contributed by atoms with Crippen LogP contribution in [0.15, 0.2) is 0 Å². The summed E-state index contributed by atoms with van der Waals surface area (Å²) >= 11 is 0. The minimum Gasteiger partial charge on any atom is -0.367 e. The van der Waals surface area contributed by atoms with E-state index in [1.165, 1.54) is 24.1 Å². The number of rotatable bonds is 3. The molecule has 1 N–H and O–H groups in total. The van der Waals surface area contributed by atoms with Crippen LogP contribution in [-0.2, 0) is 23.3 Å². The lowest BCUT2D eigenvalue weighted by molar-refractivity contribution is -0.0883. The van der Waals surface area contributed by atoms with Gasteiger partial charge in [-0.05, 0) is 39.0 Å². The number of hydrogen-bond donors (Lipinski definition) is 1. The Balaban J connectivity index is 2.01. The lowest BCUT2D eigenvalue weighted by Crippen LogP contribution is -2.38. The molecule has 1 aromatic rings. The maximum Gasteiger partial charge on any atom is 0.160 e. The van der Waals surface area contributed by atoms with Crippen LogP contribution in [0.1, 0.15) is 62.3 Å². The van der Waals surface area contributed by atoms with Crippen molar-refractivity contribution in [2.45, 2.75) is 65.0 Å². The number of ether oxygens (including phenoxy) is 1. The average Bonchev–Trinajstić information content (AvgIpc) is 2.47. The minimum absolute atomic E-state index is 0.253. The second kappa shape index (κ2) is 6.01. The van der Waals surface area contributed by atoms with E-state index in [9.17, 15) is 0 Å². The predicted octanol–water partition coefficient (Wildman–Crippen LogP) is 2.87. The first kappa shape index (κ1) is 14.9. The molecule has 1 aliphatic heterocycles. The molecule has 3 rings (SSSR count). The van der Waals surface area contributed by atoms with Gasteiger partial charge in [-0.2, -0.15) is 0 Å². The molecule has 0 amide bonds. The third-order valence-electron chi connectivity index (χ3n) is 4.92. The van der Waals surface area contributed by atoms with Crippen molar-refractivity contribution in [1.82, 2.24) is 15.3 Å². The Kier molecular flexibility index (Phi) is 4.27. The molecule has 1 fully saturated rings. The number of nitrogens with one attached hydrogen (secondary N) is 1. The standard InChI is InChI=1S/C17H27N3O/c1-4-21-17(8-5-6-12(2)10-17)16-19-13(3)14-11-18-9-7-15(14)20-16/h12,18H,4-11H2,1-3H3. The van der Waals surface area contributed by atoms with Gasteiger partial charge in [-0.25, -0.2) is 9.97 Å². The normalized spacial score (nSPS) is 29.2. The predicted molar refractivity (Wildman–Crippen MR) is 83.1 cm³/mol. The summed E-state index contributed by atoms with van der Waals surface area (Å²) in [6.45, 7) is 9.16. The van der Waals surface area contributed by atoms with E-state index >= 15 is 0 Å². The zero-order valence-electron chi connectivity index (χ0n) is 13.5. The van der Waals surface area contributed by atoms with Gasteiger partial charge in [0.1, 0.15) is 5.60 Å². The molecular weight excluding hydrogens is 262 g/mol. The van der Waals surface area contributed by atoms with Crippen molar-refractivity contribution < 1.29 is 4.74 Å². The van der Waals surface area contributed by atoms with E-state index in [1.54, 1.807) is 0 Å². The van der Waals surface area contributed by atoms with Crippen LogP contribution >= 0.6 is 0 Å². The van der Waals surface area contributed by atoms with Crippen molar-refractivity contribution in [3.63, 3.8) is 0 Å². The molecule has 0 radical (unpaired) electrons. The van der Waals surface area contributed by atoms with Crippen LogP contribution in [-0.4, -0.2) is 23.1 Å². The van der Waals surface area contributed by atoms with E-state index < -0.39 is 0 Å². The third-order valence-corrected chi connectivity index (χ3v) is 4.92. The average molecular weight is 289 g/mol. The smallest absolute Gasteiger partial charge is 0.160 e. The molecule has 0 saturated heterocycles. The maximum absolute atomic E-state index is 6.23. The first-order valence-electron chi connectivity index (χ1n) is 8.36. The van der Waals surface area contributed by atoms with Crippen LogP contribution in [0.4, 0.5) is 0 Å². The maximum atomic E-state index is 6.23. The lowest BCUT2D eigenvalue weighted by atomic mass is 9.78. The van der Waals surface area contributed by atoms with E-state index in [-0.39, 0.29) is 5.60 Å². The van der Waals surface area contributed by atoms with Gasteiger partial charge in [0, 0.05) is 37.4 Å². The van der Waals surface area contributed by atoms with Gasteiger partial charge in [0.15, 0.2) is 5.82 Å². The Bertz CT molecular complexity index is 513. The number of hydrogen-bond acceptors (Lipinski definition) is 4. The summed E-state index contributed by atoms with van der Waals surface area (Å²) in [6, 6.07) is 0. The van der Waals surface area contributed by atoms with E-state index in [0.29, 0.717) is 5.92 Å². The van der Waals surface area contributed by atoms with Crippen LogP contribution in [0, 0.1) is 12.8 Å². The van der Waals surface area contributed by atoms with Gasteiger partial charge in [0.2, 0.25) is 0 Å². The molecule has 21 heavy (non-hydrogen) atoms. The zero-order chi connectivity index (χ0) is 14.9. The van der Waals surface area contributed by atoms with Gasteiger partial charge >= 0.3 is 0 Å². The van der Waals surface area contributed by atoms with Crippen molar-refractivity contribution in [2.75, 3.05) is 13.2 Å². The Morgan fingerprint density at radius 1 is 1.38 bits per heavy atom. The Morgan fingerprint density at radius 3 is 3.00 bits per heavy atom. The summed E-state index contributed by atoms with van der Waals surface area (Å²) < 4.78 is 6.23. The largest absolute Gasteiger partial charge is 0.367 e. The molecule has 2 atom stereocenters. The van der Waals surface area contributed by atoms with Crippen LogP contribution in [0.5, 0.6) is 0 Å². The quantitative estimate of drug-likeness (QED) is 0.929. The van der Waals surface area contributed by atoms with E-state index in [4.69, 9.17) is 14.7 Å². The second-order valence-electron chi connectivity index (χ2n) is 6.61. The monoisotopic (exact) mass is 289 g/mol. The highest BCUT2D eigenvalue weighted by Crippen LogP contribution is 2.42. The molecule has 4 heteroatoms. The van der Waals surface area contributed by atoms with E-state index in [0.717, 1.165) is 50.5 Å². The summed E-state index contributed by atoms with van der Waals surface area (Å²) in [6.07, 6.45) is 5.62. The Morgan fingerprint density at radius 2 is 2.24 bits per heavy atom. The Hall–Kier alpha value is -1.00. The molecule has 0 spiro atoms. The fraction of sp³-hybridized carbons (Fsp3) is 0.765. The molecule has 1 saturated carbocycles. The molecule has 4 nitrogen and oxygen atoms in total. The minimum atomic E-state index is -0.253. The number of nitrogens with zero attached hydrogens (tertiary/aromatic N) is 2. The van der Waals surface area contributed by atoms with Crippen LogP contribution in [0.3, 0.4) is 0 Å². The lowest BCUT2D eigenvalue weighted by Gasteiger charge is -2.39. The van der Waals surface area contributed by atoms with Gasteiger partial charge in [-0.15, -0.1) is 0 Å². The highest BCUT2D eigenvalue weighted by molar-refractivity contribution is 5.28. The summed E-state index contributed by atoms with van der Waals surface area (Å²) in [5, 5.41) is 3.41. The van der Waals surface area contributed by atoms with Gasteiger partial charge in [-0.3, -0.25) is 0 Å².